The number of carboxylic acids is 2. The number of nitrogens with two attached hydrogens (primary N) is 1. The molecule has 0 aliphatic carbocycles. The molecule has 0 saturated carbocycles. The molecule has 14 heteroatoms. The van der Waals surface area contributed by atoms with Crippen molar-refractivity contribution in [1.29, 1.82) is 0 Å². The summed E-state index contributed by atoms with van der Waals surface area (Å²) < 4.78 is 29.2. The Morgan fingerprint density at radius 3 is 2.27 bits per heavy atom. The van der Waals surface area contributed by atoms with Gasteiger partial charge in [0.1, 0.15) is 17.3 Å². The zero-order chi connectivity index (χ0) is 29.8. The molecule has 2 heterocycles. The number of pyridine rings is 1. The maximum Gasteiger partial charge on any atom is 0.335 e. The van der Waals surface area contributed by atoms with Crippen LogP contribution in [0.4, 0.5) is 14.5 Å². The van der Waals surface area contributed by atoms with Gasteiger partial charge in [-0.15, -0.1) is 5.10 Å². The number of allylic oxidation sites excluding steroid dienone is 1. The van der Waals surface area contributed by atoms with E-state index in [4.69, 9.17) is 5.84 Å². The minimum Gasteiger partial charge on any atom is -0.478 e. The van der Waals surface area contributed by atoms with Crippen LogP contribution >= 0.6 is 0 Å². The lowest BCUT2D eigenvalue weighted by Gasteiger charge is -2.16. The van der Waals surface area contributed by atoms with E-state index < -0.39 is 29.5 Å². The standard InChI is InChI=1S/C27H23F2N7O5/c1-3-31-25(37)15-8-22(14(2)12-35(30)20-6-16(26(38)39)4-18(28)10-20)32-23(9-15)24-13-36(34-33-24)21-7-17(27(40)41)5-19(29)11-21/h4-13H,3,30H2,1-2H3,(H,31,37)(H,38,39)(H,40,41)/b14-12+. The molecule has 0 atom stereocenters. The predicted molar refractivity (Wildman–Crippen MR) is 143 cm³/mol. The number of aromatic carboxylic acids is 2. The Kier molecular flexibility index (Phi) is 8.14. The van der Waals surface area contributed by atoms with Gasteiger partial charge < -0.3 is 15.5 Å². The number of benzene rings is 2. The molecular formula is C27H23F2N7O5. The van der Waals surface area contributed by atoms with Gasteiger partial charge in [-0.25, -0.2) is 33.9 Å². The van der Waals surface area contributed by atoms with Gasteiger partial charge >= 0.3 is 11.9 Å². The van der Waals surface area contributed by atoms with E-state index >= 15 is 0 Å². The van der Waals surface area contributed by atoms with Crippen LogP contribution in [0, 0.1) is 11.6 Å². The van der Waals surface area contributed by atoms with E-state index in [1.54, 1.807) is 13.8 Å². The molecule has 1 amide bonds. The fourth-order valence-corrected chi connectivity index (χ4v) is 3.79. The van der Waals surface area contributed by atoms with Gasteiger partial charge in [-0.2, -0.15) is 0 Å². The molecule has 0 aliphatic rings. The van der Waals surface area contributed by atoms with Crippen LogP contribution in [0.1, 0.15) is 50.6 Å². The zero-order valence-corrected chi connectivity index (χ0v) is 21.7. The van der Waals surface area contributed by atoms with E-state index in [1.807, 2.05) is 0 Å². The Bertz CT molecular complexity index is 1700. The fourth-order valence-electron chi connectivity index (χ4n) is 3.79. The van der Waals surface area contributed by atoms with Crippen molar-refractivity contribution in [3.8, 4) is 17.1 Å². The summed E-state index contributed by atoms with van der Waals surface area (Å²) in [6, 6.07) is 9.25. The minimum atomic E-state index is -1.33. The van der Waals surface area contributed by atoms with Crippen LogP contribution in [0.5, 0.6) is 0 Å². The number of aromatic nitrogens is 4. The molecule has 0 aliphatic heterocycles. The van der Waals surface area contributed by atoms with E-state index in [1.165, 1.54) is 41.3 Å². The third-order valence-corrected chi connectivity index (χ3v) is 5.74. The summed E-state index contributed by atoms with van der Waals surface area (Å²) in [4.78, 5) is 39.9. The number of amides is 1. The average Bonchev–Trinajstić information content (AvgIpc) is 3.43. The predicted octanol–water partition coefficient (Wildman–Crippen LogP) is 3.49. The summed E-state index contributed by atoms with van der Waals surface area (Å²) in [7, 11) is 0. The van der Waals surface area contributed by atoms with Gasteiger partial charge in [-0.3, -0.25) is 9.80 Å². The van der Waals surface area contributed by atoms with E-state index in [0.717, 1.165) is 29.3 Å². The second-order valence-corrected chi connectivity index (χ2v) is 8.76. The van der Waals surface area contributed by atoms with Crippen molar-refractivity contribution in [2.24, 2.45) is 5.84 Å². The summed E-state index contributed by atoms with van der Waals surface area (Å²) in [6.07, 6.45) is 2.77. The first-order valence-electron chi connectivity index (χ1n) is 12.0. The van der Waals surface area contributed by atoms with E-state index in [9.17, 15) is 33.4 Å². The van der Waals surface area contributed by atoms with Gasteiger partial charge in [-0.05, 0) is 68.0 Å². The molecule has 0 spiro atoms. The average molecular weight is 564 g/mol. The molecule has 0 radical (unpaired) electrons. The Morgan fingerprint density at radius 2 is 1.61 bits per heavy atom. The smallest absolute Gasteiger partial charge is 0.335 e. The minimum absolute atomic E-state index is 0.0561. The van der Waals surface area contributed by atoms with E-state index in [2.05, 4.69) is 20.6 Å². The molecule has 210 valence electrons. The third-order valence-electron chi connectivity index (χ3n) is 5.74. The number of hydrogen-bond donors (Lipinski definition) is 4. The Balaban J connectivity index is 1.75. The molecule has 4 aromatic rings. The van der Waals surface area contributed by atoms with Crippen molar-refractivity contribution in [3.05, 3.63) is 94.9 Å². The van der Waals surface area contributed by atoms with Crippen molar-refractivity contribution in [2.75, 3.05) is 11.6 Å². The van der Waals surface area contributed by atoms with Crippen molar-refractivity contribution in [2.45, 2.75) is 13.8 Å². The lowest BCUT2D eigenvalue weighted by molar-refractivity contribution is 0.0685. The molecule has 41 heavy (non-hydrogen) atoms. The maximum absolute atomic E-state index is 14.0. The molecular weight excluding hydrogens is 540 g/mol. The number of rotatable bonds is 9. The Hall–Kier alpha value is -5.50. The Morgan fingerprint density at radius 1 is 0.951 bits per heavy atom. The number of anilines is 1. The van der Waals surface area contributed by atoms with Gasteiger partial charge in [0.25, 0.3) is 5.91 Å². The molecule has 2 aromatic heterocycles. The van der Waals surface area contributed by atoms with Gasteiger partial charge in [0.2, 0.25) is 0 Å². The first-order valence-corrected chi connectivity index (χ1v) is 12.0. The van der Waals surface area contributed by atoms with Gasteiger partial charge in [0.15, 0.2) is 0 Å². The first kappa shape index (κ1) is 28.5. The molecule has 0 saturated heterocycles. The summed E-state index contributed by atoms with van der Waals surface area (Å²) in [5, 5.41) is 30.2. The van der Waals surface area contributed by atoms with Crippen molar-refractivity contribution in [3.63, 3.8) is 0 Å². The van der Waals surface area contributed by atoms with Crippen LogP contribution < -0.4 is 16.2 Å². The summed E-state index contributed by atoms with van der Waals surface area (Å²) in [5.74, 6) is 1.44. The highest BCUT2D eigenvalue weighted by molar-refractivity contribution is 5.96. The van der Waals surface area contributed by atoms with Crippen molar-refractivity contribution in [1.82, 2.24) is 25.3 Å². The van der Waals surface area contributed by atoms with Gasteiger partial charge in [-0.1, -0.05) is 5.21 Å². The van der Waals surface area contributed by atoms with Crippen LogP contribution in [0.25, 0.3) is 22.6 Å². The Labute approximate surface area is 231 Å². The number of carbonyl (C=O) groups excluding carboxylic acids is 1. The molecule has 0 fully saturated rings. The van der Waals surface area contributed by atoms with Crippen molar-refractivity contribution < 1.29 is 33.4 Å². The van der Waals surface area contributed by atoms with E-state index in [-0.39, 0.29) is 45.1 Å². The molecule has 2 aromatic carbocycles. The van der Waals surface area contributed by atoms with Gasteiger partial charge in [0.05, 0.1) is 40.1 Å². The highest BCUT2D eigenvalue weighted by Crippen LogP contribution is 2.24. The van der Waals surface area contributed by atoms with Crippen LogP contribution in [-0.4, -0.2) is 54.6 Å². The first-order chi connectivity index (χ1) is 19.4. The number of halogens is 2. The van der Waals surface area contributed by atoms with E-state index in [0.29, 0.717) is 12.1 Å². The molecule has 5 N–H and O–H groups in total. The normalized spacial score (nSPS) is 11.3. The van der Waals surface area contributed by atoms with Gasteiger partial charge in [0, 0.05) is 18.3 Å². The third kappa shape index (κ3) is 6.57. The van der Waals surface area contributed by atoms with Crippen LogP contribution in [0.3, 0.4) is 0 Å². The molecule has 0 unspecified atom stereocenters. The highest BCUT2D eigenvalue weighted by atomic mass is 19.1. The summed E-state index contributed by atoms with van der Waals surface area (Å²) in [5.41, 5.74) is 0.899. The highest BCUT2D eigenvalue weighted by Gasteiger charge is 2.17. The molecule has 12 nitrogen and oxygen atoms in total. The number of hydrogen-bond acceptors (Lipinski definition) is 8. The number of hydrazine groups is 1. The number of nitrogens with one attached hydrogen (secondary N) is 1. The SMILES string of the molecule is CCNC(=O)c1cc(/C(C)=C/N(N)c2cc(F)cc(C(=O)O)c2)nc(-c2cn(-c3cc(F)cc(C(=O)O)c3)nn2)c1. The fraction of sp³-hybridized carbons (Fsp3) is 0.111. The van der Waals surface area contributed by atoms with Crippen LogP contribution in [0.2, 0.25) is 0 Å². The summed E-state index contributed by atoms with van der Waals surface area (Å²) >= 11 is 0. The second-order valence-electron chi connectivity index (χ2n) is 8.76. The largest absolute Gasteiger partial charge is 0.478 e. The number of nitrogens with zero attached hydrogens (tertiary/aromatic N) is 5. The lowest BCUT2D eigenvalue weighted by Crippen LogP contribution is -2.25. The van der Waals surface area contributed by atoms with Crippen molar-refractivity contribution >= 4 is 29.1 Å². The number of carboxylic acid groups (broad SMARTS) is 2. The topological polar surface area (TPSA) is 177 Å². The molecule has 4 rings (SSSR count). The quantitative estimate of drug-likeness (QED) is 0.174. The molecule has 0 bridgehead atoms. The lowest BCUT2D eigenvalue weighted by atomic mass is 10.1. The van der Waals surface area contributed by atoms with Crippen LogP contribution in [-0.2, 0) is 0 Å². The monoisotopic (exact) mass is 563 g/mol. The summed E-state index contributed by atoms with van der Waals surface area (Å²) in [6.45, 7) is 3.73. The van der Waals surface area contributed by atoms with Crippen LogP contribution in [0.15, 0.2) is 60.9 Å². The second kappa shape index (κ2) is 11.7. The maximum atomic E-state index is 14.0. The number of carbonyl (C=O) groups is 3. The zero-order valence-electron chi connectivity index (χ0n) is 21.7.